The monoisotopic (exact) mass is 238 g/mol. The highest BCUT2D eigenvalue weighted by molar-refractivity contribution is 7.99. The van der Waals surface area contributed by atoms with Crippen LogP contribution in [-0.2, 0) is 0 Å². The minimum Gasteiger partial charge on any atom is -0.299 e. The number of thioether (sulfide) groups is 1. The van der Waals surface area contributed by atoms with E-state index in [-0.39, 0.29) is 5.82 Å². The van der Waals surface area contributed by atoms with Crippen LogP contribution in [-0.4, -0.2) is 17.8 Å². The van der Waals surface area contributed by atoms with E-state index < -0.39 is 5.54 Å². The van der Waals surface area contributed by atoms with E-state index in [1.807, 2.05) is 19.9 Å². The highest BCUT2D eigenvalue weighted by Gasteiger charge is 2.22. The number of nitrogens with one attached hydrogen (secondary N) is 1. The number of benzene rings is 1. The maximum atomic E-state index is 12.9. The van der Waals surface area contributed by atoms with Gasteiger partial charge in [-0.3, -0.25) is 5.32 Å². The Hall–Kier alpha value is -1.05. The second-order valence-corrected chi connectivity index (χ2v) is 4.77. The number of halogens is 1. The molecule has 0 saturated carbocycles. The average molecular weight is 238 g/mol. The molecule has 1 unspecified atom stereocenters. The molecule has 0 aliphatic carbocycles. The Bertz CT molecular complexity index is 389. The second-order valence-electron chi connectivity index (χ2n) is 3.72. The fourth-order valence-electron chi connectivity index (χ4n) is 1.30. The van der Waals surface area contributed by atoms with Crippen LogP contribution in [0, 0.1) is 17.1 Å². The SMILES string of the molecule is CCNC(C)(C#N)CSc1cccc(F)c1. The summed E-state index contributed by atoms with van der Waals surface area (Å²) >= 11 is 1.48. The van der Waals surface area contributed by atoms with E-state index in [9.17, 15) is 4.39 Å². The van der Waals surface area contributed by atoms with E-state index in [4.69, 9.17) is 5.26 Å². The Morgan fingerprint density at radius 2 is 2.31 bits per heavy atom. The zero-order chi connectivity index (χ0) is 12.0. The van der Waals surface area contributed by atoms with E-state index in [0.29, 0.717) is 5.75 Å². The van der Waals surface area contributed by atoms with Gasteiger partial charge in [0.15, 0.2) is 0 Å². The van der Waals surface area contributed by atoms with Gasteiger partial charge >= 0.3 is 0 Å². The maximum absolute atomic E-state index is 12.9. The Morgan fingerprint density at radius 1 is 1.56 bits per heavy atom. The van der Waals surface area contributed by atoms with E-state index in [0.717, 1.165) is 11.4 Å². The van der Waals surface area contributed by atoms with Crippen LogP contribution in [0.2, 0.25) is 0 Å². The molecule has 0 aliphatic rings. The van der Waals surface area contributed by atoms with Crippen molar-refractivity contribution in [3.8, 4) is 6.07 Å². The molecule has 0 radical (unpaired) electrons. The number of nitriles is 1. The van der Waals surface area contributed by atoms with Gasteiger partial charge in [0, 0.05) is 10.6 Å². The normalized spacial score (nSPS) is 14.1. The minimum atomic E-state index is -0.564. The van der Waals surface area contributed by atoms with Gasteiger partial charge in [0.1, 0.15) is 11.4 Å². The molecular formula is C12H15FN2S. The fraction of sp³-hybridized carbons (Fsp3) is 0.417. The molecule has 0 heterocycles. The van der Waals surface area contributed by atoms with Gasteiger partial charge in [-0.15, -0.1) is 11.8 Å². The number of nitrogens with zero attached hydrogens (tertiary/aromatic N) is 1. The molecule has 4 heteroatoms. The van der Waals surface area contributed by atoms with Crippen molar-refractivity contribution in [3.63, 3.8) is 0 Å². The maximum Gasteiger partial charge on any atom is 0.124 e. The summed E-state index contributed by atoms with van der Waals surface area (Å²) in [5, 5.41) is 12.2. The lowest BCUT2D eigenvalue weighted by Gasteiger charge is -2.21. The minimum absolute atomic E-state index is 0.243. The molecule has 0 bridgehead atoms. The Balaban J connectivity index is 2.60. The van der Waals surface area contributed by atoms with Crippen LogP contribution < -0.4 is 5.32 Å². The van der Waals surface area contributed by atoms with Crippen LogP contribution >= 0.6 is 11.8 Å². The van der Waals surface area contributed by atoms with Crippen LogP contribution in [0.4, 0.5) is 4.39 Å². The summed E-state index contributed by atoms with van der Waals surface area (Å²) in [7, 11) is 0. The lowest BCUT2D eigenvalue weighted by atomic mass is 10.1. The van der Waals surface area contributed by atoms with Gasteiger partial charge in [0.05, 0.1) is 6.07 Å². The summed E-state index contributed by atoms with van der Waals surface area (Å²) in [6.07, 6.45) is 0. The Morgan fingerprint density at radius 3 is 2.88 bits per heavy atom. The summed E-state index contributed by atoms with van der Waals surface area (Å²) in [5.74, 6) is 0.355. The van der Waals surface area contributed by atoms with Crippen molar-refractivity contribution in [2.45, 2.75) is 24.3 Å². The summed E-state index contributed by atoms with van der Waals surface area (Å²) in [5.41, 5.74) is -0.564. The molecule has 1 N–H and O–H groups in total. The molecule has 1 aromatic rings. The quantitative estimate of drug-likeness (QED) is 0.801. The predicted octanol–water partition coefficient (Wildman–Crippen LogP) is 2.81. The number of hydrogen-bond donors (Lipinski definition) is 1. The van der Waals surface area contributed by atoms with Gasteiger partial charge in [-0.05, 0) is 31.7 Å². The van der Waals surface area contributed by atoms with E-state index in [1.54, 1.807) is 6.07 Å². The summed E-state index contributed by atoms with van der Waals surface area (Å²) in [6.45, 7) is 4.55. The third-order valence-electron chi connectivity index (χ3n) is 2.14. The van der Waals surface area contributed by atoms with Crippen molar-refractivity contribution in [1.29, 1.82) is 5.26 Å². The first kappa shape index (κ1) is 13.0. The Kier molecular flexibility index (Phi) is 4.78. The van der Waals surface area contributed by atoms with Crippen LogP contribution in [0.3, 0.4) is 0 Å². The molecule has 0 aromatic heterocycles. The molecule has 16 heavy (non-hydrogen) atoms. The summed E-state index contributed by atoms with van der Waals surface area (Å²) in [6, 6.07) is 8.65. The molecule has 2 nitrogen and oxygen atoms in total. The third kappa shape index (κ3) is 3.84. The van der Waals surface area contributed by atoms with Crippen molar-refractivity contribution < 1.29 is 4.39 Å². The molecule has 1 atom stereocenters. The second kappa shape index (κ2) is 5.88. The molecule has 0 aliphatic heterocycles. The van der Waals surface area contributed by atoms with Crippen molar-refractivity contribution >= 4 is 11.8 Å². The van der Waals surface area contributed by atoms with Gasteiger partial charge in [-0.2, -0.15) is 5.26 Å². The molecule has 0 saturated heterocycles. The van der Waals surface area contributed by atoms with Crippen molar-refractivity contribution in [2.75, 3.05) is 12.3 Å². The smallest absolute Gasteiger partial charge is 0.124 e. The fourth-order valence-corrected chi connectivity index (χ4v) is 2.29. The van der Waals surface area contributed by atoms with Gasteiger partial charge < -0.3 is 0 Å². The largest absolute Gasteiger partial charge is 0.299 e. The molecule has 1 aromatic carbocycles. The molecule has 0 fully saturated rings. The van der Waals surface area contributed by atoms with Crippen LogP contribution in [0.15, 0.2) is 29.2 Å². The van der Waals surface area contributed by atoms with E-state index in [1.165, 1.54) is 23.9 Å². The van der Waals surface area contributed by atoms with E-state index in [2.05, 4.69) is 11.4 Å². The summed E-state index contributed by atoms with van der Waals surface area (Å²) < 4.78 is 12.9. The molecule has 0 amide bonds. The lowest BCUT2D eigenvalue weighted by Crippen LogP contribution is -2.43. The third-order valence-corrected chi connectivity index (χ3v) is 3.45. The lowest BCUT2D eigenvalue weighted by molar-refractivity contribution is 0.511. The highest BCUT2D eigenvalue weighted by atomic mass is 32.2. The first-order valence-corrected chi connectivity index (χ1v) is 6.13. The average Bonchev–Trinajstić information content (AvgIpc) is 2.27. The first-order chi connectivity index (χ1) is 7.59. The van der Waals surface area contributed by atoms with Crippen LogP contribution in [0.25, 0.3) is 0 Å². The van der Waals surface area contributed by atoms with Gasteiger partial charge in [0.25, 0.3) is 0 Å². The van der Waals surface area contributed by atoms with Crippen molar-refractivity contribution in [2.24, 2.45) is 0 Å². The highest BCUT2D eigenvalue weighted by Crippen LogP contribution is 2.22. The molecular weight excluding hydrogens is 223 g/mol. The van der Waals surface area contributed by atoms with Gasteiger partial charge in [0.2, 0.25) is 0 Å². The van der Waals surface area contributed by atoms with Crippen molar-refractivity contribution in [3.05, 3.63) is 30.1 Å². The summed E-state index contributed by atoms with van der Waals surface area (Å²) in [4.78, 5) is 0.847. The van der Waals surface area contributed by atoms with Gasteiger partial charge in [-0.1, -0.05) is 13.0 Å². The predicted molar refractivity (Wildman–Crippen MR) is 64.8 cm³/mol. The number of rotatable bonds is 5. The van der Waals surface area contributed by atoms with Crippen LogP contribution in [0.1, 0.15) is 13.8 Å². The van der Waals surface area contributed by atoms with Crippen LogP contribution in [0.5, 0.6) is 0 Å². The van der Waals surface area contributed by atoms with E-state index >= 15 is 0 Å². The standard InChI is InChI=1S/C12H15FN2S/c1-3-15-12(2,8-14)9-16-11-6-4-5-10(13)7-11/h4-7,15H,3,9H2,1-2H3. The Labute approximate surface area is 99.9 Å². The molecule has 0 spiro atoms. The topological polar surface area (TPSA) is 35.8 Å². The number of hydrogen-bond acceptors (Lipinski definition) is 3. The first-order valence-electron chi connectivity index (χ1n) is 5.14. The molecule has 86 valence electrons. The zero-order valence-electron chi connectivity index (χ0n) is 9.46. The van der Waals surface area contributed by atoms with Crippen molar-refractivity contribution in [1.82, 2.24) is 5.32 Å². The van der Waals surface area contributed by atoms with Gasteiger partial charge in [-0.25, -0.2) is 4.39 Å². The molecule has 1 rings (SSSR count). The zero-order valence-corrected chi connectivity index (χ0v) is 10.3.